The second kappa shape index (κ2) is 11.5. The maximum absolute atomic E-state index is 14.6. The van der Waals surface area contributed by atoms with Crippen molar-refractivity contribution in [3.63, 3.8) is 0 Å². The molecule has 2 fully saturated rings. The van der Waals surface area contributed by atoms with Crippen molar-refractivity contribution < 1.29 is 24.2 Å². The van der Waals surface area contributed by atoms with Crippen LogP contribution in [0.4, 0.5) is 5.69 Å². The fraction of sp³-hybridized carbons (Fsp3) is 0.441. The number of para-hydroxylation sites is 1. The standard InChI is InChI=1S/C34H39N3O5/c1-23-12-9-13-24(2)29(23)36-20-11-17-34-28(32(40)37(30(34)33(36)41)19-7-4-8-21-38)27-26(42-34)16-10-18-35(31(27)39)22-25-14-5-3-6-15-25/h3,5-6,9-17,26-28,30,38H,4,7-8,18-22H2,1-2H3/t26-,27+,28+,30?,34+/m1/s1. The van der Waals surface area contributed by atoms with Crippen molar-refractivity contribution in [3.8, 4) is 0 Å². The van der Waals surface area contributed by atoms with Crippen LogP contribution in [0.2, 0.25) is 0 Å². The summed E-state index contributed by atoms with van der Waals surface area (Å²) in [7, 11) is 0. The molecular weight excluding hydrogens is 530 g/mol. The highest BCUT2D eigenvalue weighted by Gasteiger charge is 2.71. The Labute approximate surface area is 247 Å². The number of unbranched alkanes of at least 4 members (excludes halogenated alkanes) is 2. The zero-order chi connectivity index (χ0) is 29.4. The van der Waals surface area contributed by atoms with Gasteiger partial charge in [-0.15, -0.1) is 0 Å². The summed E-state index contributed by atoms with van der Waals surface area (Å²) >= 11 is 0. The monoisotopic (exact) mass is 569 g/mol. The first-order chi connectivity index (χ1) is 20.4. The van der Waals surface area contributed by atoms with Gasteiger partial charge in [0, 0.05) is 38.5 Å². The molecule has 0 aliphatic carbocycles. The molecule has 8 nitrogen and oxygen atoms in total. The van der Waals surface area contributed by atoms with Crippen molar-refractivity contribution in [3.05, 3.63) is 89.5 Å². The largest absolute Gasteiger partial charge is 0.396 e. The van der Waals surface area contributed by atoms with Crippen LogP contribution in [0.5, 0.6) is 0 Å². The van der Waals surface area contributed by atoms with E-state index in [1.165, 1.54) is 0 Å². The van der Waals surface area contributed by atoms with Gasteiger partial charge in [0.2, 0.25) is 11.8 Å². The number of anilines is 1. The van der Waals surface area contributed by atoms with Crippen LogP contribution in [0.1, 0.15) is 36.0 Å². The number of fused-ring (bicyclic) bond motifs is 2. The first-order valence-electron chi connectivity index (χ1n) is 15.0. The third-order valence-electron chi connectivity index (χ3n) is 9.22. The van der Waals surface area contributed by atoms with Crippen LogP contribution in [-0.4, -0.2) is 76.6 Å². The van der Waals surface area contributed by atoms with E-state index in [0.717, 1.165) is 28.8 Å². The minimum atomic E-state index is -1.25. The summed E-state index contributed by atoms with van der Waals surface area (Å²) in [6, 6.07) is 14.9. The molecular formula is C34H39N3O5. The van der Waals surface area contributed by atoms with Gasteiger partial charge in [0.25, 0.3) is 5.91 Å². The average molecular weight is 570 g/mol. The number of hydrogen-bond donors (Lipinski definition) is 1. The number of benzene rings is 2. The summed E-state index contributed by atoms with van der Waals surface area (Å²) in [5, 5.41) is 9.32. The number of aliphatic hydroxyl groups excluding tert-OH is 1. The molecule has 0 aromatic heterocycles. The number of rotatable bonds is 8. The van der Waals surface area contributed by atoms with Gasteiger partial charge in [0.05, 0.1) is 17.9 Å². The van der Waals surface area contributed by atoms with E-state index in [-0.39, 0.29) is 24.3 Å². The van der Waals surface area contributed by atoms with Crippen LogP contribution in [0, 0.1) is 25.7 Å². The molecule has 4 aliphatic rings. The van der Waals surface area contributed by atoms with Gasteiger partial charge >= 0.3 is 0 Å². The molecule has 6 rings (SSSR count). The maximum atomic E-state index is 14.6. The number of likely N-dealkylation sites (tertiary alicyclic amines) is 1. The molecule has 3 amide bonds. The van der Waals surface area contributed by atoms with Crippen molar-refractivity contribution in [1.82, 2.24) is 9.80 Å². The molecule has 0 saturated carbocycles. The third-order valence-corrected chi connectivity index (χ3v) is 9.22. The maximum Gasteiger partial charge on any atom is 0.253 e. The molecule has 1 spiro atoms. The molecule has 2 aromatic rings. The van der Waals surface area contributed by atoms with Crippen molar-refractivity contribution in [1.29, 1.82) is 0 Å². The number of carbonyl (C=O) groups excluding carboxylic acids is 3. The number of aryl methyl sites for hydroxylation is 2. The Kier molecular flexibility index (Phi) is 7.77. The van der Waals surface area contributed by atoms with Crippen molar-refractivity contribution in [2.24, 2.45) is 11.8 Å². The topological polar surface area (TPSA) is 90.4 Å². The molecule has 8 heteroatoms. The van der Waals surface area contributed by atoms with Crippen LogP contribution in [0.15, 0.2) is 72.8 Å². The SMILES string of the molecule is Cc1cccc(C)c1N1CC=C[C@]23O[C@@H]4C=CCN(Cc5ccccc5)C(=O)[C@@H]4[C@H]2C(=O)N(CCCCCO)C3C1=O. The van der Waals surface area contributed by atoms with Gasteiger partial charge in [-0.25, -0.2) is 0 Å². The number of hydrogen-bond acceptors (Lipinski definition) is 5. The Morgan fingerprint density at radius 3 is 2.38 bits per heavy atom. The normalized spacial score (nSPS) is 28.5. The van der Waals surface area contributed by atoms with Gasteiger partial charge in [-0.3, -0.25) is 14.4 Å². The third kappa shape index (κ3) is 4.67. The number of nitrogens with zero attached hydrogens (tertiary/aromatic N) is 3. The Balaban J connectivity index is 1.39. The fourth-order valence-corrected chi connectivity index (χ4v) is 7.38. The van der Waals surface area contributed by atoms with Gasteiger partial charge in [0.1, 0.15) is 11.6 Å². The van der Waals surface area contributed by atoms with E-state index in [2.05, 4.69) is 0 Å². The van der Waals surface area contributed by atoms with Crippen molar-refractivity contribution in [2.75, 3.05) is 31.1 Å². The van der Waals surface area contributed by atoms with E-state index in [9.17, 15) is 19.5 Å². The lowest BCUT2D eigenvalue weighted by molar-refractivity contribution is -0.144. The van der Waals surface area contributed by atoms with Crippen LogP contribution in [-0.2, 0) is 25.7 Å². The van der Waals surface area contributed by atoms with Crippen molar-refractivity contribution >= 4 is 23.4 Å². The van der Waals surface area contributed by atoms with E-state index in [1.807, 2.05) is 86.7 Å². The lowest BCUT2D eigenvalue weighted by Gasteiger charge is -2.36. The summed E-state index contributed by atoms with van der Waals surface area (Å²) < 4.78 is 6.78. The summed E-state index contributed by atoms with van der Waals surface area (Å²) in [5.41, 5.74) is 2.57. The van der Waals surface area contributed by atoms with Crippen LogP contribution in [0.25, 0.3) is 0 Å². The Bertz CT molecular complexity index is 1400. The fourth-order valence-electron chi connectivity index (χ4n) is 7.38. The van der Waals surface area contributed by atoms with Crippen LogP contribution in [0.3, 0.4) is 0 Å². The van der Waals surface area contributed by atoms with E-state index >= 15 is 0 Å². The molecule has 5 atom stereocenters. The quantitative estimate of drug-likeness (QED) is 0.388. The molecule has 1 N–H and O–H groups in total. The zero-order valence-corrected chi connectivity index (χ0v) is 24.3. The second-order valence-electron chi connectivity index (χ2n) is 11.9. The lowest BCUT2D eigenvalue weighted by atomic mass is 9.77. The predicted molar refractivity (Wildman–Crippen MR) is 159 cm³/mol. The van der Waals surface area contributed by atoms with Crippen LogP contribution >= 0.6 is 0 Å². The number of amides is 3. The molecule has 0 radical (unpaired) electrons. The van der Waals surface area contributed by atoms with E-state index in [1.54, 1.807) is 14.7 Å². The molecule has 2 saturated heterocycles. The molecule has 0 bridgehead atoms. The van der Waals surface area contributed by atoms with E-state index in [4.69, 9.17) is 4.74 Å². The molecule has 220 valence electrons. The van der Waals surface area contributed by atoms with Crippen LogP contribution < -0.4 is 4.90 Å². The summed E-state index contributed by atoms with van der Waals surface area (Å²) in [6.07, 6.45) is 9.09. The zero-order valence-electron chi connectivity index (χ0n) is 24.3. The second-order valence-corrected chi connectivity index (χ2v) is 11.9. The Morgan fingerprint density at radius 2 is 1.64 bits per heavy atom. The van der Waals surface area contributed by atoms with Gasteiger partial charge in [-0.2, -0.15) is 0 Å². The minimum Gasteiger partial charge on any atom is -0.396 e. The Hall–Kier alpha value is -3.75. The number of aliphatic hydroxyl groups is 1. The highest BCUT2D eigenvalue weighted by molar-refractivity contribution is 6.06. The average Bonchev–Trinajstić information content (AvgIpc) is 3.29. The van der Waals surface area contributed by atoms with Crippen molar-refractivity contribution in [2.45, 2.75) is 57.4 Å². The van der Waals surface area contributed by atoms with Gasteiger partial charge in [-0.05, 0) is 49.8 Å². The Morgan fingerprint density at radius 1 is 0.881 bits per heavy atom. The highest BCUT2D eigenvalue weighted by atomic mass is 16.5. The first-order valence-corrected chi connectivity index (χ1v) is 15.0. The van der Waals surface area contributed by atoms with Gasteiger partial charge in [0.15, 0.2) is 0 Å². The van der Waals surface area contributed by atoms with Gasteiger partial charge < -0.3 is 24.5 Å². The van der Waals surface area contributed by atoms with E-state index < -0.39 is 29.6 Å². The molecule has 1 unspecified atom stereocenters. The lowest BCUT2D eigenvalue weighted by Crippen LogP contribution is -2.55. The molecule has 2 aromatic carbocycles. The summed E-state index contributed by atoms with van der Waals surface area (Å²) in [6.45, 7) is 5.64. The summed E-state index contributed by atoms with van der Waals surface area (Å²) in [4.78, 5) is 48.5. The smallest absolute Gasteiger partial charge is 0.253 e. The molecule has 4 heterocycles. The predicted octanol–water partition coefficient (Wildman–Crippen LogP) is 3.55. The minimum absolute atomic E-state index is 0.0803. The number of ether oxygens (including phenoxy) is 1. The van der Waals surface area contributed by atoms with Gasteiger partial charge in [-0.1, -0.05) is 72.8 Å². The van der Waals surface area contributed by atoms with E-state index in [0.29, 0.717) is 39.0 Å². The summed E-state index contributed by atoms with van der Waals surface area (Å²) in [5.74, 6) is -2.06. The number of carbonyl (C=O) groups is 3. The molecule has 4 aliphatic heterocycles. The highest BCUT2D eigenvalue weighted by Crippen LogP contribution is 2.54. The first kappa shape index (κ1) is 28.4. The molecule has 42 heavy (non-hydrogen) atoms.